The molecule has 1 saturated carbocycles. The highest BCUT2D eigenvalue weighted by Gasteiger charge is 2.58. The Hall–Kier alpha value is -11.6. The molecule has 0 saturated heterocycles. The fourth-order valence-electron chi connectivity index (χ4n) is 20.8. The lowest BCUT2D eigenvalue weighted by atomic mass is 9.55. The molecule has 6 heterocycles. The zero-order valence-corrected chi connectivity index (χ0v) is 71.9. The van der Waals surface area contributed by atoms with Crippen molar-refractivity contribution in [2.45, 2.75) is 200 Å². The van der Waals surface area contributed by atoms with Crippen LogP contribution in [-0.2, 0) is 84.8 Å². The van der Waals surface area contributed by atoms with Gasteiger partial charge in [-0.1, -0.05) is 107 Å². The third-order valence-corrected chi connectivity index (χ3v) is 26.6. The minimum Gasteiger partial charge on any atom is -0.481 e. The van der Waals surface area contributed by atoms with E-state index in [-0.39, 0.29) is 130 Å². The van der Waals surface area contributed by atoms with Gasteiger partial charge in [0.15, 0.2) is 17.3 Å². The van der Waals surface area contributed by atoms with Crippen LogP contribution in [0.5, 0.6) is 59.5 Å². The number of nitrogens with one attached hydrogen (secondary N) is 1. The molecule has 0 amide bonds. The van der Waals surface area contributed by atoms with Gasteiger partial charge in [-0.05, 0) is 100 Å². The van der Waals surface area contributed by atoms with Gasteiger partial charge in [0.1, 0.15) is 5.76 Å². The zero-order chi connectivity index (χ0) is 88.0. The van der Waals surface area contributed by atoms with Crippen LogP contribution in [0.15, 0.2) is 46.0 Å². The molecular formula is C88H112N16O16. The van der Waals surface area contributed by atoms with Crippen LogP contribution in [0.2, 0.25) is 0 Å². The van der Waals surface area contributed by atoms with E-state index >= 15 is 0 Å². The molecule has 16 atom stereocenters. The van der Waals surface area contributed by atoms with Crippen LogP contribution >= 0.6 is 0 Å². The van der Waals surface area contributed by atoms with Gasteiger partial charge in [0.05, 0.1) is 125 Å². The molecule has 6 aromatic rings. The summed E-state index contributed by atoms with van der Waals surface area (Å²) in [5.74, 6) is 4.15. The number of methoxy groups -OCH3 is 10. The first-order valence-corrected chi connectivity index (χ1v) is 39.4. The number of hydroxylamine groups is 1. The second-order valence-electron chi connectivity index (χ2n) is 32.5. The Balaban J connectivity index is 0.000000169. The highest BCUT2D eigenvalue weighted by atomic mass is 16.5. The first-order valence-electron chi connectivity index (χ1n) is 40.4. The van der Waals surface area contributed by atoms with Crippen LogP contribution in [0.3, 0.4) is 0 Å². The molecule has 0 bridgehead atoms. The SMILES string of the molecule is C.CNO.COc1nc(OC)c2c(n1)[C@@]1(C)Cc3cnoc3[C@@H](C)[C@@H]1CC2.[3H]C.[C-]#[N+]C1=C[C@@]2(C)c3nc(OC)nc(OC)c3CC[C@@H]2[C@@H](C)C1=O.[C-]#[N+]C1=C[C@]2(C)c3nc(OC)nc(OC)c3CC[C@H]2[C@H](C)C1=O.[C-]#[N+]C1=C[C@]2(C)c3nc(OC)nc(OC)c3CC[C@H]2[C@H](C)C1=O.[C-]#[N+]C1C[C@]2(C)c3nc(OC)nc(OC)c3CC[C@H]2[C@H](C)C1=O. The monoisotopic (exact) mass is 1650 g/mol. The van der Waals surface area contributed by atoms with E-state index in [1.807, 2.05) is 54.7 Å². The number of hydrogen-bond acceptors (Lipinski definition) is 28. The molecular weight excluding hydrogens is 1540 g/mol. The fraction of sp³-hybridized carbons (Fsp3) is 0.580. The smallest absolute Gasteiger partial charge is 0.319 e. The van der Waals surface area contributed by atoms with Crippen molar-refractivity contribution >= 4 is 23.1 Å². The van der Waals surface area contributed by atoms with Crippen molar-refractivity contribution in [2.75, 3.05) is 78.1 Å². The molecule has 0 aliphatic heterocycles. The number of allylic oxidation sites excluding steroid dienone is 6. The van der Waals surface area contributed by atoms with Gasteiger partial charge in [-0.2, -0.15) is 49.8 Å². The number of carbonyl (C=O) groups excluding carboxylic acids is 4. The first-order chi connectivity index (χ1) is 57.3. The summed E-state index contributed by atoms with van der Waals surface area (Å²) >= 11 is 0. The minimum absolute atomic E-state index is 0. The minimum atomic E-state index is -0.593. The number of fused-ring (bicyclic) bond motifs is 16. The average molecular weight is 1650 g/mol. The summed E-state index contributed by atoms with van der Waals surface area (Å²) in [4.78, 5) is 108. The molecule has 0 aromatic carbocycles. The third kappa shape index (κ3) is 15.9. The van der Waals surface area contributed by atoms with Gasteiger partial charge in [-0.15, -0.1) is 0 Å². The average Bonchev–Trinajstić information content (AvgIpc) is 1.64. The van der Waals surface area contributed by atoms with Crippen molar-refractivity contribution in [3.63, 3.8) is 0 Å². The Morgan fingerprint density at radius 1 is 0.425 bits per heavy atom. The van der Waals surface area contributed by atoms with Crippen LogP contribution in [0.1, 0.15) is 197 Å². The number of ether oxygens (including phenoxy) is 10. The molecule has 120 heavy (non-hydrogen) atoms. The van der Waals surface area contributed by atoms with Crippen molar-refractivity contribution < 1.29 is 77.6 Å². The molecule has 6 aromatic heterocycles. The van der Waals surface area contributed by atoms with Gasteiger partial charge in [0.2, 0.25) is 52.3 Å². The summed E-state index contributed by atoms with van der Waals surface area (Å²) < 4.78 is 64.5. The molecule has 640 valence electrons. The Morgan fingerprint density at radius 3 is 0.983 bits per heavy atom. The number of ketones is 4. The van der Waals surface area contributed by atoms with Gasteiger partial charge in [0.25, 0.3) is 6.04 Å². The lowest BCUT2D eigenvalue weighted by Crippen LogP contribution is -2.52. The highest BCUT2D eigenvalue weighted by molar-refractivity contribution is 6.01. The molecule has 2 N–H and O–H groups in total. The number of rotatable bonds is 10. The van der Waals surface area contributed by atoms with Crippen molar-refractivity contribution in [3.8, 4) is 59.5 Å². The number of nitrogens with zero attached hydrogens (tertiary/aromatic N) is 15. The number of carbonyl (C=O) groups is 4. The second kappa shape index (κ2) is 36.9. The number of aromatic nitrogens is 11. The summed E-state index contributed by atoms with van der Waals surface area (Å²) in [6.45, 7) is 49.7. The maximum Gasteiger partial charge on any atom is 0.319 e. The van der Waals surface area contributed by atoms with Crippen LogP contribution < -0.4 is 52.8 Å². The lowest BCUT2D eigenvalue weighted by molar-refractivity contribution is -0.129. The number of hydrogen-bond donors (Lipinski definition) is 2. The third-order valence-electron chi connectivity index (χ3n) is 26.6. The predicted octanol–water partition coefficient (Wildman–Crippen LogP) is 12.7. The molecule has 32 nitrogen and oxygen atoms in total. The van der Waals surface area contributed by atoms with Crippen LogP contribution in [0.4, 0.5) is 0 Å². The zero-order valence-electron chi connectivity index (χ0n) is 72.9. The summed E-state index contributed by atoms with van der Waals surface area (Å²) in [5, 5.41) is 11.3. The normalized spacial score (nSPS) is 28.6. The van der Waals surface area contributed by atoms with Crippen LogP contribution in [-0.4, -0.2) is 168 Å². The maximum absolute atomic E-state index is 12.4. The Morgan fingerprint density at radius 2 is 0.700 bits per heavy atom. The van der Waals surface area contributed by atoms with Crippen molar-refractivity contribution in [1.82, 2.24) is 60.5 Å². The van der Waals surface area contributed by atoms with E-state index in [1.54, 1.807) is 66.4 Å². The van der Waals surface area contributed by atoms with E-state index in [2.05, 4.69) is 90.2 Å². The summed E-state index contributed by atoms with van der Waals surface area (Å²) in [6.07, 6.45) is 17.0. The van der Waals surface area contributed by atoms with E-state index in [9.17, 15) is 19.2 Å². The molecule has 32 heteroatoms. The molecule has 0 radical (unpaired) electrons. The van der Waals surface area contributed by atoms with E-state index in [0.717, 1.165) is 133 Å². The highest BCUT2D eigenvalue weighted by Crippen LogP contribution is 2.58. The van der Waals surface area contributed by atoms with Crippen LogP contribution in [0, 0.1) is 79.5 Å². The van der Waals surface area contributed by atoms with Crippen molar-refractivity contribution in [2.24, 2.45) is 53.3 Å². The van der Waals surface area contributed by atoms with Gasteiger partial charge < -0.3 is 76.3 Å². The summed E-state index contributed by atoms with van der Waals surface area (Å²) in [6, 6.07) is 0.765. The number of Topliss-reactive ketones (excluding diaryl/α,β-unsaturated/α-hetero) is 4. The summed E-state index contributed by atoms with van der Waals surface area (Å²) in [7, 11) is 18.3. The Kier molecular flexibility index (Phi) is 27.9. The Bertz CT molecular complexity index is 4900. The molecule has 1 fully saturated rings. The standard InChI is InChI=1S/2C17H21N3O3.3C17H19N3O3.CH5NO.2CH4/c1-9-12-6-5-11-14(19-16(22-4)20-15(11)21-3)17(12,2)7-10-8-18-23-13(9)10;4*1-9-11-7-6-10-14(19-16(23-5)20-15(10)22-4)17(11,2)8-12(18-3)13(9)21;1-2-3;;/h8-9,12H,5-7H2,1-4H3;9,11-12H,6-8H2,1-2,4-5H3;3*8-9,11H,6-7H2,1-2,4-5H3;2-3H,1H3;2*1H4/t9-,12-,17-;9-,11-,12?,17-;3*9-,11-,17-;;;/m00100.../s1/i;;;;;;1T;. The second-order valence-corrected chi connectivity index (χ2v) is 32.5. The van der Waals surface area contributed by atoms with Crippen LogP contribution in [0.25, 0.3) is 19.4 Å². The van der Waals surface area contributed by atoms with Crippen molar-refractivity contribution in [3.05, 3.63) is 155 Å². The molecule has 0 spiro atoms. The van der Waals surface area contributed by atoms with Gasteiger partial charge >= 0.3 is 30.1 Å². The quantitative estimate of drug-likeness (QED) is 0.0950. The lowest BCUT2D eigenvalue weighted by Gasteiger charge is -2.47. The van der Waals surface area contributed by atoms with E-state index in [4.69, 9.17) is 89.7 Å². The largest absolute Gasteiger partial charge is 0.481 e. The van der Waals surface area contributed by atoms with Gasteiger partial charge in [0, 0.05) is 105 Å². The topological polar surface area (TPSA) is 365 Å². The van der Waals surface area contributed by atoms with Gasteiger partial charge in [-0.25, -0.2) is 26.6 Å². The Labute approximate surface area is 703 Å². The predicted molar refractivity (Wildman–Crippen MR) is 440 cm³/mol. The fourth-order valence-corrected chi connectivity index (χ4v) is 20.8. The van der Waals surface area contributed by atoms with Crippen molar-refractivity contribution in [1.29, 1.82) is 0 Å². The molecule has 1 unspecified atom stereocenters. The molecule has 10 aliphatic carbocycles. The first kappa shape index (κ1) is 90.7. The molecule has 10 aliphatic rings. The molecule has 16 rings (SSSR count). The van der Waals surface area contributed by atoms with E-state index in [1.165, 1.54) is 48.5 Å². The van der Waals surface area contributed by atoms with E-state index < -0.39 is 22.3 Å². The van der Waals surface area contributed by atoms with Gasteiger partial charge in [-0.3, -0.25) is 4.79 Å². The maximum atomic E-state index is 12.4. The summed E-state index contributed by atoms with van der Waals surface area (Å²) in [5.41, 5.74) is 10.9. The van der Waals surface area contributed by atoms with E-state index in [0.29, 0.717) is 53.7 Å².